The maximum Gasteiger partial charge on any atom is 0.255 e. The van der Waals surface area contributed by atoms with Crippen LogP contribution in [0.25, 0.3) is 0 Å². The zero-order valence-electron chi connectivity index (χ0n) is 15.2. The fourth-order valence-corrected chi connectivity index (χ4v) is 4.67. The lowest BCUT2D eigenvalue weighted by Gasteiger charge is -2.20. The fourth-order valence-electron chi connectivity index (χ4n) is 3.10. The minimum absolute atomic E-state index is 0.104. The van der Waals surface area contributed by atoms with Gasteiger partial charge in [0.15, 0.2) is 0 Å². The number of carbonyl (C=O) groups excluding carboxylic acids is 1. The van der Waals surface area contributed by atoms with Crippen molar-refractivity contribution in [2.45, 2.75) is 37.5 Å². The molecule has 144 valence electrons. The standard InChI is InChI=1S/C20H23FN2O3S/c1-15-9-10-17(14-19(15)21)22-20(24)16-7-6-8-18(13-16)27(25,26)23-11-4-2-3-5-12-23/h6-10,13-14H,2-5,11-12H2,1H3,(H,22,24). The zero-order valence-corrected chi connectivity index (χ0v) is 16.1. The molecule has 0 bridgehead atoms. The zero-order chi connectivity index (χ0) is 19.4. The number of hydrogen-bond acceptors (Lipinski definition) is 3. The van der Waals surface area contributed by atoms with Crippen molar-refractivity contribution in [3.8, 4) is 0 Å². The molecule has 1 aliphatic heterocycles. The summed E-state index contributed by atoms with van der Waals surface area (Å²) < 4.78 is 40.9. The molecule has 5 nitrogen and oxygen atoms in total. The van der Waals surface area contributed by atoms with Crippen LogP contribution in [0.3, 0.4) is 0 Å². The van der Waals surface area contributed by atoms with Crippen LogP contribution in [-0.2, 0) is 10.0 Å². The van der Waals surface area contributed by atoms with Crippen LogP contribution in [0.2, 0.25) is 0 Å². The van der Waals surface area contributed by atoms with Gasteiger partial charge in [-0.25, -0.2) is 12.8 Å². The van der Waals surface area contributed by atoms with E-state index in [1.165, 1.54) is 22.5 Å². The molecular weight excluding hydrogens is 367 g/mol. The molecule has 0 spiro atoms. The molecule has 0 unspecified atom stereocenters. The molecule has 1 amide bonds. The van der Waals surface area contributed by atoms with E-state index < -0.39 is 21.7 Å². The summed E-state index contributed by atoms with van der Waals surface area (Å²) in [6, 6.07) is 10.4. The molecule has 27 heavy (non-hydrogen) atoms. The third-order valence-corrected chi connectivity index (χ3v) is 6.62. The number of carbonyl (C=O) groups is 1. The Balaban J connectivity index is 1.81. The van der Waals surface area contributed by atoms with E-state index in [2.05, 4.69) is 5.32 Å². The van der Waals surface area contributed by atoms with Gasteiger partial charge in [0.25, 0.3) is 5.91 Å². The van der Waals surface area contributed by atoms with Crippen LogP contribution >= 0.6 is 0 Å². The molecular formula is C20H23FN2O3S. The second-order valence-corrected chi connectivity index (χ2v) is 8.70. The van der Waals surface area contributed by atoms with Gasteiger partial charge < -0.3 is 5.32 Å². The van der Waals surface area contributed by atoms with E-state index in [1.807, 2.05) is 0 Å². The molecule has 0 saturated carbocycles. The van der Waals surface area contributed by atoms with Crippen LogP contribution in [-0.4, -0.2) is 31.7 Å². The van der Waals surface area contributed by atoms with Crippen molar-refractivity contribution in [1.82, 2.24) is 4.31 Å². The van der Waals surface area contributed by atoms with Gasteiger partial charge in [0.05, 0.1) is 4.90 Å². The number of nitrogens with zero attached hydrogens (tertiary/aromatic N) is 1. The van der Waals surface area contributed by atoms with Gasteiger partial charge in [0.1, 0.15) is 5.82 Å². The number of benzene rings is 2. The Labute approximate surface area is 159 Å². The highest BCUT2D eigenvalue weighted by Gasteiger charge is 2.25. The molecule has 2 aromatic carbocycles. The van der Waals surface area contributed by atoms with Gasteiger partial charge in [0, 0.05) is 24.3 Å². The highest BCUT2D eigenvalue weighted by molar-refractivity contribution is 7.89. The van der Waals surface area contributed by atoms with Gasteiger partial charge >= 0.3 is 0 Å². The molecule has 0 aromatic heterocycles. The Hall–Kier alpha value is -2.25. The minimum atomic E-state index is -3.63. The Bertz CT molecular complexity index is 936. The Morgan fingerprint density at radius 2 is 1.74 bits per heavy atom. The van der Waals surface area contributed by atoms with E-state index in [0.29, 0.717) is 24.3 Å². The largest absolute Gasteiger partial charge is 0.322 e. The number of sulfonamides is 1. The molecule has 1 N–H and O–H groups in total. The summed E-state index contributed by atoms with van der Waals surface area (Å²) >= 11 is 0. The van der Waals surface area contributed by atoms with Crippen LogP contribution in [0.15, 0.2) is 47.4 Å². The number of rotatable bonds is 4. The smallest absolute Gasteiger partial charge is 0.255 e. The molecule has 0 radical (unpaired) electrons. The van der Waals surface area contributed by atoms with E-state index in [0.717, 1.165) is 25.7 Å². The molecule has 0 atom stereocenters. The average Bonchev–Trinajstić information content (AvgIpc) is 2.95. The topological polar surface area (TPSA) is 66.5 Å². The SMILES string of the molecule is Cc1ccc(NC(=O)c2cccc(S(=O)(=O)N3CCCCCC3)c2)cc1F. The minimum Gasteiger partial charge on any atom is -0.322 e. The second-order valence-electron chi connectivity index (χ2n) is 6.76. The normalized spacial score (nSPS) is 15.9. The summed E-state index contributed by atoms with van der Waals surface area (Å²) in [6.07, 6.45) is 3.75. The Kier molecular flexibility index (Phi) is 5.92. The number of nitrogens with one attached hydrogen (secondary N) is 1. The molecule has 0 aliphatic carbocycles. The van der Waals surface area contributed by atoms with E-state index in [4.69, 9.17) is 0 Å². The molecule has 7 heteroatoms. The average molecular weight is 390 g/mol. The predicted molar refractivity (Wildman–Crippen MR) is 103 cm³/mol. The lowest BCUT2D eigenvalue weighted by molar-refractivity contribution is 0.102. The number of hydrogen-bond donors (Lipinski definition) is 1. The summed E-state index contributed by atoms with van der Waals surface area (Å²) in [7, 11) is -3.63. The number of aryl methyl sites for hydroxylation is 1. The maximum absolute atomic E-state index is 13.7. The first-order valence-corrected chi connectivity index (χ1v) is 10.5. The van der Waals surface area contributed by atoms with Gasteiger partial charge in [-0.2, -0.15) is 4.31 Å². The Morgan fingerprint density at radius 1 is 1.04 bits per heavy atom. The molecule has 1 fully saturated rings. The van der Waals surface area contributed by atoms with Gasteiger partial charge in [0.2, 0.25) is 10.0 Å². The third-order valence-electron chi connectivity index (χ3n) is 4.73. The molecule has 1 aliphatic rings. The van der Waals surface area contributed by atoms with Crippen LogP contribution in [0.5, 0.6) is 0 Å². The molecule has 1 heterocycles. The lowest BCUT2D eigenvalue weighted by atomic mass is 10.2. The van der Waals surface area contributed by atoms with E-state index in [-0.39, 0.29) is 10.5 Å². The first-order chi connectivity index (χ1) is 12.9. The summed E-state index contributed by atoms with van der Waals surface area (Å²) in [5.74, 6) is -0.892. The van der Waals surface area contributed by atoms with Crippen molar-refractivity contribution in [3.05, 3.63) is 59.4 Å². The van der Waals surface area contributed by atoms with Gasteiger partial charge in [-0.3, -0.25) is 4.79 Å². The van der Waals surface area contributed by atoms with Gasteiger partial charge in [-0.05, 0) is 55.7 Å². The van der Waals surface area contributed by atoms with Crippen LogP contribution in [0.4, 0.5) is 10.1 Å². The fraction of sp³-hybridized carbons (Fsp3) is 0.350. The summed E-state index contributed by atoms with van der Waals surface area (Å²) in [5.41, 5.74) is 1.02. The van der Waals surface area contributed by atoms with Crippen molar-refractivity contribution in [1.29, 1.82) is 0 Å². The van der Waals surface area contributed by atoms with Crippen LogP contribution in [0, 0.1) is 12.7 Å². The lowest BCUT2D eigenvalue weighted by Crippen LogP contribution is -2.32. The predicted octanol–water partition coefficient (Wildman–Crippen LogP) is 3.95. The van der Waals surface area contributed by atoms with Crippen molar-refractivity contribution in [2.75, 3.05) is 18.4 Å². The summed E-state index contributed by atoms with van der Waals surface area (Å²) in [6.45, 7) is 2.64. The number of amides is 1. The van der Waals surface area contributed by atoms with E-state index >= 15 is 0 Å². The highest BCUT2D eigenvalue weighted by atomic mass is 32.2. The molecule has 1 saturated heterocycles. The van der Waals surface area contributed by atoms with Gasteiger partial charge in [-0.15, -0.1) is 0 Å². The summed E-state index contributed by atoms with van der Waals surface area (Å²) in [5, 5.41) is 2.61. The quantitative estimate of drug-likeness (QED) is 0.860. The van der Waals surface area contributed by atoms with E-state index in [1.54, 1.807) is 31.2 Å². The maximum atomic E-state index is 13.7. The molecule has 2 aromatic rings. The number of anilines is 1. The first-order valence-electron chi connectivity index (χ1n) is 9.05. The third kappa shape index (κ3) is 4.54. The molecule has 3 rings (SSSR count). The summed E-state index contributed by atoms with van der Waals surface area (Å²) in [4.78, 5) is 12.6. The van der Waals surface area contributed by atoms with Crippen molar-refractivity contribution < 1.29 is 17.6 Å². The van der Waals surface area contributed by atoms with Crippen molar-refractivity contribution in [3.63, 3.8) is 0 Å². The monoisotopic (exact) mass is 390 g/mol. The number of halogens is 1. The van der Waals surface area contributed by atoms with Crippen LogP contribution < -0.4 is 5.32 Å². The van der Waals surface area contributed by atoms with Crippen molar-refractivity contribution >= 4 is 21.6 Å². The highest BCUT2D eigenvalue weighted by Crippen LogP contribution is 2.22. The first kappa shape index (κ1) is 19.5. The van der Waals surface area contributed by atoms with E-state index in [9.17, 15) is 17.6 Å². The second kappa shape index (κ2) is 8.19. The Morgan fingerprint density at radius 3 is 2.41 bits per heavy atom. The van der Waals surface area contributed by atoms with Crippen molar-refractivity contribution in [2.24, 2.45) is 0 Å². The van der Waals surface area contributed by atoms with Crippen LogP contribution in [0.1, 0.15) is 41.6 Å². The van der Waals surface area contributed by atoms with Gasteiger partial charge in [-0.1, -0.05) is 25.0 Å².